The summed E-state index contributed by atoms with van der Waals surface area (Å²) in [6, 6.07) is 7.61. The number of nitrogens with zero attached hydrogens (tertiary/aromatic N) is 2. The van der Waals surface area contributed by atoms with Crippen LogP contribution in [-0.4, -0.2) is 15.8 Å². The first-order valence-corrected chi connectivity index (χ1v) is 6.52. The SMILES string of the molecule is CC(N)C(Oc1cccc(Br)c1)c1cnn(C)c1. The fourth-order valence-electron chi connectivity index (χ4n) is 1.75. The summed E-state index contributed by atoms with van der Waals surface area (Å²) in [4.78, 5) is 0. The van der Waals surface area contributed by atoms with Gasteiger partial charge in [0.2, 0.25) is 0 Å². The molecule has 1 heterocycles. The van der Waals surface area contributed by atoms with Crippen molar-refractivity contribution in [3.05, 3.63) is 46.7 Å². The van der Waals surface area contributed by atoms with E-state index in [0.29, 0.717) is 0 Å². The Morgan fingerprint density at radius 1 is 1.44 bits per heavy atom. The van der Waals surface area contributed by atoms with E-state index in [4.69, 9.17) is 10.5 Å². The summed E-state index contributed by atoms with van der Waals surface area (Å²) in [5, 5.41) is 4.15. The van der Waals surface area contributed by atoms with Gasteiger partial charge in [-0.05, 0) is 25.1 Å². The summed E-state index contributed by atoms with van der Waals surface area (Å²) in [5.74, 6) is 0.788. The molecule has 5 heteroatoms. The molecule has 0 radical (unpaired) electrons. The molecule has 1 aromatic carbocycles. The van der Waals surface area contributed by atoms with Gasteiger partial charge in [0.1, 0.15) is 11.9 Å². The van der Waals surface area contributed by atoms with Crippen LogP contribution in [0.15, 0.2) is 41.1 Å². The van der Waals surface area contributed by atoms with Crippen molar-refractivity contribution in [3.8, 4) is 5.75 Å². The van der Waals surface area contributed by atoms with Crippen LogP contribution in [0, 0.1) is 0 Å². The molecule has 0 bridgehead atoms. The van der Waals surface area contributed by atoms with Crippen LogP contribution < -0.4 is 10.5 Å². The van der Waals surface area contributed by atoms with Gasteiger partial charge in [-0.1, -0.05) is 22.0 Å². The van der Waals surface area contributed by atoms with E-state index in [1.54, 1.807) is 10.9 Å². The summed E-state index contributed by atoms with van der Waals surface area (Å²) in [6.45, 7) is 1.93. The summed E-state index contributed by atoms with van der Waals surface area (Å²) in [7, 11) is 1.88. The first-order valence-electron chi connectivity index (χ1n) is 5.72. The highest BCUT2D eigenvalue weighted by atomic mass is 79.9. The predicted octanol–water partition coefficient (Wildman–Crippen LogP) is 2.65. The van der Waals surface area contributed by atoms with Gasteiger partial charge in [0.25, 0.3) is 0 Å². The Hall–Kier alpha value is -1.33. The fraction of sp³-hybridized carbons (Fsp3) is 0.308. The molecule has 0 saturated heterocycles. The lowest BCUT2D eigenvalue weighted by molar-refractivity contribution is 0.180. The minimum absolute atomic E-state index is 0.117. The van der Waals surface area contributed by atoms with Gasteiger partial charge in [0.15, 0.2) is 0 Å². The number of ether oxygens (including phenoxy) is 1. The second kappa shape index (κ2) is 5.54. The highest BCUT2D eigenvalue weighted by Gasteiger charge is 2.19. The highest BCUT2D eigenvalue weighted by Crippen LogP contribution is 2.26. The third kappa shape index (κ3) is 3.11. The zero-order valence-corrected chi connectivity index (χ0v) is 12.0. The van der Waals surface area contributed by atoms with E-state index < -0.39 is 0 Å². The Bertz CT molecular complexity index is 524. The molecule has 18 heavy (non-hydrogen) atoms. The molecular weight excluding hydrogens is 294 g/mol. The van der Waals surface area contributed by atoms with Gasteiger partial charge < -0.3 is 10.5 Å². The average Bonchev–Trinajstić information content (AvgIpc) is 2.72. The topological polar surface area (TPSA) is 53.1 Å². The number of aromatic nitrogens is 2. The van der Waals surface area contributed by atoms with E-state index in [2.05, 4.69) is 21.0 Å². The maximum absolute atomic E-state index is 5.99. The molecule has 0 saturated carbocycles. The van der Waals surface area contributed by atoms with Crippen LogP contribution in [0.2, 0.25) is 0 Å². The molecule has 0 aliphatic heterocycles. The maximum atomic E-state index is 5.99. The van der Waals surface area contributed by atoms with Gasteiger partial charge in [-0.15, -0.1) is 0 Å². The Balaban J connectivity index is 2.22. The van der Waals surface area contributed by atoms with Crippen molar-refractivity contribution in [2.24, 2.45) is 12.8 Å². The first-order chi connectivity index (χ1) is 8.56. The number of hydrogen-bond donors (Lipinski definition) is 1. The number of halogens is 1. The Labute approximate surface area is 115 Å². The van der Waals surface area contributed by atoms with Crippen LogP contribution in [-0.2, 0) is 7.05 Å². The lowest BCUT2D eigenvalue weighted by Crippen LogP contribution is -2.28. The van der Waals surface area contributed by atoms with Crippen LogP contribution in [0.5, 0.6) is 5.75 Å². The molecule has 0 fully saturated rings. The van der Waals surface area contributed by atoms with E-state index >= 15 is 0 Å². The van der Waals surface area contributed by atoms with Gasteiger partial charge in [-0.3, -0.25) is 4.68 Å². The van der Waals surface area contributed by atoms with E-state index in [-0.39, 0.29) is 12.1 Å². The van der Waals surface area contributed by atoms with Crippen molar-refractivity contribution in [1.82, 2.24) is 9.78 Å². The minimum atomic E-state index is -0.201. The van der Waals surface area contributed by atoms with Gasteiger partial charge in [0.05, 0.1) is 6.20 Å². The third-order valence-corrected chi connectivity index (χ3v) is 3.08. The number of aryl methyl sites for hydroxylation is 1. The lowest BCUT2D eigenvalue weighted by atomic mass is 10.1. The van der Waals surface area contributed by atoms with Crippen molar-refractivity contribution in [2.75, 3.05) is 0 Å². The molecule has 2 N–H and O–H groups in total. The van der Waals surface area contributed by atoms with Crippen molar-refractivity contribution in [3.63, 3.8) is 0 Å². The monoisotopic (exact) mass is 309 g/mol. The van der Waals surface area contributed by atoms with Gasteiger partial charge in [-0.25, -0.2) is 0 Å². The molecule has 2 rings (SSSR count). The summed E-state index contributed by atoms with van der Waals surface area (Å²) < 4.78 is 8.67. The Morgan fingerprint density at radius 3 is 2.78 bits per heavy atom. The Kier molecular flexibility index (Phi) is 4.04. The van der Waals surface area contributed by atoms with Crippen LogP contribution in [0.1, 0.15) is 18.6 Å². The average molecular weight is 310 g/mol. The summed E-state index contributed by atoms with van der Waals surface area (Å²) in [5.41, 5.74) is 6.97. The molecule has 0 aliphatic carbocycles. The molecule has 0 spiro atoms. The summed E-state index contributed by atoms with van der Waals surface area (Å²) in [6.07, 6.45) is 3.51. The second-order valence-electron chi connectivity index (χ2n) is 4.30. The zero-order chi connectivity index (χ0) is 13.1. The van der Waals surface area contributed by atoms with Crippen LogP contribution in [0.4, 0.5) is 0 Å². The molecule has 1 aromatic heterocycles. The number of nitrogens with two attached hydrogens (primary N) is 1. The molecule has 4 nitrogen and oxygen atoms in total. The third-order valence-electron chi connectivity index (χ3n) is 2.59. The van der Waals surface area contributed by atoms with E-state index in [1.807, 2.05) is 44.4 Å². The molecule has 0 amide bonds. The molecule has 96 valence electrons. The maximum Gasteiger partial charge on any atom is 0.141 e. The smallest absolute Gasteiger partial charge is 0.141 e. The molecule has 2 aromatic rings. The van der Waals surface area contributed by atoms with Gasteiger partial charge >= 0.3 is 0 Å². The van der Waals surface area contributed by atoms with E-state index in [0.717, 1.165) is 15.8 Å². The number of rotatable bonds is 4. The summed E-state index contributed by atoms with van der Waals surface area (Å²) >= 11 is 3.42. The molecule has 2 atom stereocenters. The first kappa shape index (κ1) is 13.1. The number of benzene rings is 1. The fourth-order valence-corrected chi connectivity index (χ4v) is 2.13. The lowest BCUT2D eigenvalue weighted by Gasteiger charge is -2.21. The van der Waals surface area contributed by atoms with Gasteiger partial charge in [0, 0.05) is 29.3 Å². The van der Waals surface area contributed by atoms with Gasteiger partial charge in [-0.2, -0.15) is 5.10 Å². The normalized spacial score (nSPS) is 14.2. The van der Waals surface area contributed by atoms with Crippen molar-refractivity contribution in [2.45, 2.75) is 19.1 Å². The largest absolute Gasteiger partial charge is 0.484 e. The van der Waals surface area contributed by atoms with Crippen LogP contribution in [0.3, 0.4) is 0 Å². The van der Waals surface area contributed by atoms with E-state index in [1.165, 1.54) is 0 Å². The van der Waals surface area contributed by atoms with Crippen LogP contribution >= 0.6 is 15.9 Å². The molecule has 2 unspecified atom stereocenters. The standard InChI is InChI=1S/C13H16BrN3O/c1-9(15)13(10-7-16-17(2)8-10)18-12-5-3-4-11(14)6-12/h3-9,13H,15H2,1-2H3. The predicted molar refractivity (Wildman–Crippen MR) is 74.4 cm³/mol. The second-order valence-corrected chi connectivity index (χ2v) is 5.22. The zero-order valence-electron chi connectivity index (χ0n) is 10.4. The quantitative estimate of drug-likeness (QED) is 0.944. The Morgan fingerprint density at radius 2 is 2.22 bits per heavy atom. The number of hydrogen-bond acceptors (Lipinski definition) is 3. The highest BCUT2D eigenvalue weighted by molar-refractivity contribution is 9.10. The van der Waals surface area contributed by atoms with Crippen molar-refractivity contribution in [1.29, 1.82) is 0 Å². The van der Waals surface area contributed by atoms with Crippen molar-refractivity contribution < 1.29 is 4.74 Å². The van der Waals surface area contributed by atoms with E-state index in [9.17, 15) is 0 Å². The molecular formula is C13H16BrN3O. The minimum Gasteiger partial charge on any atom is -0.484 e. The van der Waals surface area contributed by atoms with Crippen molar-refractivity contribution >= 4 is 15.9 Å². The molecule has 0 aliphatic rings. The van der Waals surface area contributed by atoms with Crippen LogP contribution in [0.25, 0.3) is 0 Å².